The molecule has 1 aliphatic rings. The summed E-state index contributed by atoms with van der Waals surface area (Å²) in [6.07, 6.45) is 0.627. The second kappa shape index (κ2) is 8.82. The summed E-state index contributed by atoms with van der Waals surface area (Å²) in [4.78, 5) is 26.3. The van der Waals surface area contributed by atoms with Gasteiger partial charge in [0.1, 0.15) is 6.61 Å². The number of carbonyl (C=O) groups excluding carboxylic acids is 2. The molecule has 0 saturated carbocycles. The highest BCUT2D eigenvalue weighted by Gasteiger charge is 2.26. The van der Waals surface area contributed by atoms with Crippen LogP contribution in [0.15, 0.2) is 48.5 Å². The second-order valence-corrected chi connectivity index (χ2v) is 7.09. The van der Waals surface area contributed by atoms with Crippen molar-refractivity contribution in [3.05, 3.63) is 70.8 Å². The van der Waals surface area contributed by atoms with E-state index in [1.807, 2.05) is 55.1 Å². The highest BCUT2D eigenvalue weighted by atomic mass is 16.5. The van der Waals surface area contributed by atoms with Crippen LogP contribution in [0, 0.1) is 13.8 Å². The predicted octanol–water partition coefficient (Wildman–Crippen LogP) is 2.50. The number of rotatable bonds is 6. The maximum Gasteiger partial charge on any atom is 0.251 e. The number of nitrogens with zero attached hydrogens (tertiary/aromatic N) is 1. The first-order valence-electron chi connectivity index (χ1n) is 9.31. The first-order valence-corrected chi connectivity index (χ1v) is 9.31. The molecule has 1 aliphatic heterocycles. The Morgan fingerprint density at radius 1 is 1.15 bits per heavy atom. The van der Waals surface area contributed by atoms with E-state index in [9.17, 15) is 9.59 Å². The van der Waals surface area contributed by atoms with Gasteiger partial charge in [-0.1, -0.05) is 47.5 Å². The zero-order chi connectivity index (χ0) is 19.2. The maximum atomic E-state index is 12.4. The number of morpholine rings is 1. The molecular formula is C22H26N2O3. The number of aryl methyl sites for hydroxylation is 2. The molecule has 2 aromatic carbocycles. The van der Waals surface area contributed by atoms with Crippen molar-refractivity contribution in [2.75, 3.05) is 26.2 Å². The molecule has 1 atom stereocenters. The molecule has 0 spiro atoms. The number of amides is 2. The SMILES string of the molecule is Cc1cc(C)cc(C(=O)NCC2CN(CCc3ccccc3)C(=O)CO2)c1. The normalized spacial score (nSPS) is 17.0. The third kappa shape index (κ3) is 5.41. The Morgan fingerprint density at radius 2 is 1.85 bits per heavy atom. The first kappa shape index (κ1) is 19.1. The van der Waals surface area contributed by atoms with Crippen molar-refractivity contribution in [1.29, 1.82) is 0 Å². The van der Waals surface area contributed by atoms with Crippen molar-refractivity contribution in [1.82, 2.24) is 10.2 Å². The number of hydrogen-bond acceptors (Lipinski definition) is 3. The van der Waals surface area contributed by atoms with Crippen LogP contribution in [0.3, 0.4) is 0 Å². The lowest BCUT2D eigenvalue weighted by molar-refractivity contribution is -0.148. The van der Waals surface area contributed by atoms with Crippen LogP contribution in [-0.2, 0) is 16.0 Å². The molecule has 0 radical (unpaired) electrons. The van der Waals surface area contributed by atoms with Gasteiger partial charge >= 0.3 is 0 Å². The minimum Gasteiger partial charge on any atom is -0.365 e. The highest BCUT2D eigenvalue weighted by Crippen LogP contribution is 2.11. The Bertz CT molecular complexity index is 784. The van der Waals surface area contributed by atoms with E-state index < -0.39 is 0 Å². The van der Waals surface area contributed by atoms with Gasteiger partial charge in [-0.25, -0.2) is 0 Å². The van der Waals surface area contributed by atoms with Crippen molar-refractivity contribution < 1.29 is 14.3 Å². The number of hydrogen-bond donors (Lipinski definition) is 1. The van der Waals surface area contributed by atoms with E-state index in [4.69, 9.17) is 4.74 Å². The number of nitrogens with one attached hydrogen (secondary N) is 1. The smallest absolute Gasteiger partial charge is 0.251 e. The molecule has 5 heteroatoms. The van der Waals surface area contributed by atoms with Crippen LogP contribution in [-0.4, -0.2) is 49.1 Å². The molecule has 27 heavy (non-hydrogen) atoms. The molecule has 142 valence electrons. The van der Waals surface area contributed by atoms with Gasteiger partial charge in [0.15, 0.2) is 0 Å². The molecule has 1 heterocycles. The van der Waals surface area contributed by atoms with Crippen molar-refractivity contribution in [2.45, 2.75) is 26.4 Å². The minimum atomic E-state index is -0.187. The number of carbonyl (C=O) groups is 2. The van der Waals surface area contributed by atoms with Crippen LogP contribution in [0.4, 0.5) is 0 Å². The Labute approximate surface area is 160 Å². The molecule has 2 aromatic rings. The first-order chi connectivity index (χ1) is 13.0. The summed E-state index contributed by atoms with van der Waals surface area (Å²) in [5.74, 6) is -0.110. The number of ether oxygens (including phenoxy) is 1. The fourth-order valence-corrected chi connectivity index (χ4v) is 3.34. The van der Waals surface area contributed by atoms with Gasteiger partial charge in [-0.2, -0.15) is 0 Å². The third-order valence-corrected chi connectivity index (χ3v) is 4.71. The molecule has 1 unspecified atom stereocenters. The summed E-state index contributed by atoms with van der Waals surface area (Å²) in [5, 5.41) is 2.93. The molecule has 1 N–H and O–H groups in total. The van der Waals surface area contributed by atoms with E-state index in [1.54, 1.807) is 0 Å². The second-order valence-electron chi connectivity index (χ2n) is 7.09. The largest absolute Gasteiger partial charge is 0.365 e. The lowest BCUT2D eigenvalue weighted by atomic mass is 10.1. The van der Waals surface area contributed by atoms with Gasteiger partial charge in [-0.05, 0) is 38.0 Å². The molecule has 5 nitrogen and oxygen atoms in total. The zero-order valence-corrected chi connectivity index (χ0v) is 15.9. The summed E-state index contributed by atoms with van der Waals surface area (Å²) < 4.78 is 5.60. The predicted molar refractivity (Wildman–Crippen MR) is 105 cm³/mol. The summed E-state index contributed by atoms with van der Waals surface area (Å²) >= 11 is 0. The third-order valence-electron chi connectivity index (χ3n) is 4.71. The molecular weight excluding hydrogens is 340 g/mol. The highest BCUT2D eigenvalue weighted by molar-refractivity contribution is 5.94. The van der Waals surface area contributed by atoms with Gasteiger partial charge in [0.05, 0.1) is 6.10 Å². The molecule has 0 aliphatic carbocycles. The topological polar surface area (TPSA) is 58.6 Å². The summed E-state index contributed by atoms with van der Waals surface area (Å²) in [6, 6.07) is 15.9. The van der Waals surface area contributed by atoms with Gasteiger partial charge in [0, 0.05) is 25.2 Å². The van der Waals surface area contributed by atoms with Crippen LogP contribution in [0.25, 0.3) is 0 Å². The molecule has 3 rings (SSSR count). The van der Waals surface area contributed by atoms with Crippen LogP contribution in [0.1, 0.15) is 27.0 Å². The van der Waals surface area contributed by atoms with Crippen molar-refractivity contribution in [3.8, 4) is 0 Å². The van der Waals surface area contributed by atoms with Crippen LogP contribution >= 0.6 is 0 Å². The van der Waals surface area contributed by atoms with Gasteiger partial charge in [-0.3, -0.25) is 9.59 Å². The molecule has 1 saturated heterocycles. The molecule has 1 fully saturated rings. The average Bonchev–Trinajstić information content (AvgIpc) is 2.66. The van der Waals surface area contributed by atoms with Gasteiger partial charge in [0.2, 0.25) is 5.91 Å². The Balaban J connectivity index is 1.51. The van der Waals surface area contributed by atoms with Gasteiger partial charge in [0.25, 0.3) is 5.91 Å². The van der Waals surface area contributed by atoms with Crippen molar-refractivity contribution in [2.24, 2.45) is 0 Å². The Kier molecular flexibility index (Phi) is 6.24. The average molecular weight is 366 g/mol. The van der Waals surface area contributed by atoms with Gasteiger partial charge < -0.3 is 15.0 Å². The van der Waals surface area contributed by atoms with Gasteiger partial charge in [-0.15, -0.1) is 0 Å². The lowest BCUT2D eigenvalue weighted by Gasteiger charge is -2.33. The fraction of sp³-hybridized carbons (Fsp3) is 0.364. The van der Waals surface area contributed by atoms with Crippen LogP contribution in [0.2, 0.25) is 0 Å². The van der Waals surface area contributed by atoms with E-state index in [0.29, 0.717) is 25.2 Å². The minimum absolute atomic E-state index is 0.00261. The van der Waals surface area contributed by atoms with E-state index >= 15 is 0 Å². The summed E-state index contributed by atoms with van der Waals surface area (Å²) in [6.45, 7) is 5.57. The van der Waals surface area contributed by atoms with Crippen molar-refractivity contribution in [3.63, 3.8) is 0 Å². The molecule has 2 amide bonds. The lowest BCUT2D eigenvalue weighted by Crippen LogP contribution is -2.51. The van der Waals surface area contributed by atoms with Crippen LogP contribution in [0.5, 0.6) is 0 Å². The quantitative estimate of drug-likeness (QED) is 0.855. The summed E-state index contributed by atoms with van der Waals surface area (Å²) in [7, 11) is 0. The number of benzene rings is 2. The van der Waals surface area contributed by atoms with E-state index in [-0.39, 0.29) is 24.5 Å². The molecule has 0 bridgehead atoms. The fourth-order valence-electron chi connectivity index (χ4n) is 3.34. The van der Waals surface area contributed by atoms with E-state index in [2.05, 4.69) is 17.4 Å². The van der Waals surface area contributed by atoms with Crippen LogP contribution < -0.4 is 5.32 Å². The Morgan fingerprint density at radius 3 is 2.56 bits per heavy atom. The van der Waals surface area contributed by atoms with E-state index in [1.165, 1.54) is 5.56 Å². The van der Waals surface area contributed by atoms with E-state index in [0.717, 1.165) is 17.5 Å². The summed E-state index contributed by atoms with van der Waals surface area (Å²) in [5.41, 5.74) is 3.98. The standard InChI is InChI=1S/C22H26N2O3/c1-16-10-17(2)12-19(11-16)22(26)23-13-20-14-24(21(25)15-27-20)9-8-18-6-4-3-5-7-18/h3-7,10-12,20H,8-9,13-15H2,1-2H3,(H,23,26). The molecule has 0 aromatic heterocycles. The zero-order valence-electron chi connectivity index (χ0n) is 15.9. The van der Waals surface area contributed by atoms with Crippen molar-refractivity contribution >= 4 is 11.8 Å². The Hall–Kier alpha value is -2.66. The maximum absolute atomic E-state index is 12.4. The monoisotopic (exact) mass is 366 g/mol.